The predicted octanol–water partition coefficient (Wildman–Crippen LogP) is 3.89. The van der Waals surface area contributed by atoms with Crippen LogP contribution in [0.25, 0.3) is 28.0 Å². The van der Waals surface area contributed by atoms with Gasteiger partial charge in [-0.25, -0.2) is 23.7 Å². The lowest BCUT2D eigenvalue weighted by molar-refractivity contribution is -0.0918. The van der Waals surface area contributed by atoms with Crippen LogP contribution in [0, 0.1) is 18.6 Å². The van der Waals surface area contributed by atoms with Crippen LogP contribution in [-0.2, 0) is 16.0 Å². The molecule has 5 aromatic rings. The van der Waals surface area contributed by atoms with E-state index >= 15 is 0 Å². The van der Waals surface area contributed by atoms with E-state index in [0.717, 1.165) is 22.8 Å². The molecule has 172 valence electrons. The average Bonchev–Trinajstić information content (AvgIpc) is 3.39. The molecule has 1 fully saturated rings. The van der Waals surface area contributed by atoms with Gasteiger partial charge in [0.25, 0.3) is 0 Å². The van der Waals surface area contributed by atoms with Gasteiger partial charge in [0.15, 0.2) is 11.3 Å². The summed E-state index contributed by atoms with van der Waals surface area (Å²) in [5.41, 5.74) is 4.67. The molecule has 0 spiro atoms. The second-order valence-electron chi connectivity index (χ2n) is 8.18. The summed E-state index contributed by atoms with van der Waals surface area (Å²) in [6.07, 6.45) is 5.05. The highest BCUT2D eigenvalue weighted by atomic mass is 19.1. The lowest BCUT2D eigenvalue weighted by atomic mass is 10.2. The third-order valence-corrected chi connectivity index (χ3v) is 5.88. The normalized spacial score (nSPS) is 16.5. The van der Waals surface area contributed by atoms with Gasteiger partial charge in [0.1, 0.15) is 29.1 Å². The highest BCUT2D eigenvalue weighted by Gasteiger charge is 2.20. The van der Waals surface area contributed by atoms with Gasteiger partial charge in [0, 0.05) is 18.8 Å². The molecule has 5 heterocycles. The Labute approximate surface area is 192 Å². The summed E-state index contributed by atoms with van der Waals surface area (Å²) in [7, 11) is 0. The van der Waals surface area contributed by atoms with Crippen molar-refractivity contribution in [2.75, 3.05) is 19.8 Å². The van der Waals surface area contributed by atoms with E-state index in [9.17, 15) is 8.78 Å². The minimum absolute atomic E-state index is 0.259. The molecule has 0 N–H and O–H groups in total. The fraction of sp³-hybridized carbons (Fsp3) is 0.250. The van der Waals surface area contributed by atoms with Gasteiger partial charge >= 0.3 is 0 Å². The molecule has 1 aliphatic rings. The van der Waals surface area contributed by atoms with Gasteiger partial charge in [-0.15, -0.1) is 0 Å². The number of hydrogen-bond donors (Lipinski definition) is 0. The van der Waals surface area contributed by atoms with Crippen LogP contribution in [0.5, 0.6) is 0 Å². The van der Waals surface area contributed by atoms with E-state index < -0.39 is 11.6 Å². The minimum Gasteiger partial charge on any atom is -0.376 e. The number of nitrogens with zero attached hydrogens (tertiary/aromatic N) is 6. The van der Waals surface area contributed by atoms with Crippen molar-refractivity contribution in [1.82, 2.24) is 29.1 Å². The maximum Gasteiger partial charge on any atom is 0.178 e. The molecule has 8 nitrogen and oxygen atoms in total. The molecule has 0 radical (unpaired) electrons. The van der Waals surface area contributed by atoms with Gasteiger partial charge in [-0.05, 0) is 36.8 Å². The van der Waals surface area contributed by atoms with Crippen LogP contribution in [0.4, 0.5) is 8.78 Å². The molecule has 6 rings (SSSR count). The van der Waals surface area contributed by atoms with Crippen LogP contribution in [0.1, 0.15) is 23.2 Å². The first-order valence-electron chi connectivity index (χ1n) is 10.9. The van der Waals surface area contributed by atoms with E-state index in [1.165, 1.54) is 12.1 Å². The number of imidazole rings is 1. The number of hydrogen-bond acceptors (Lipinski definition) is 6. The zero-order valence-corrected chi connectivity index (χ0v) is 18.3. The highest BCUT2D eigenvalue weighted by Crippen LogP contribution is 2.25. The monoisotopic (exact) mass is 462 g/mol. The SMILES string of the molecule is Cc1nc2ncc(-n3ccc4ncc(C5COCCO5)nc43)cc2n1Cc1cc(F)cc(F)c1. The van der Waals surface area contributed by atoms with Gasteiger partial charge in [-0.3, -0.25) is 9.55 Å². The topological polar surface area (TPSA) is 79.9 Å². The minimum atomic E-state index is -0.614. The number of benzene rings is 1. The lowest BCUT2D eigenvalue weighted by Crippen LogP contribution is -2.23. The van der Waals surface area contributed by atoms with Crippen molar-refractivity contribution in [3.63, 3.8) is 0 Å². The Morgan fingerprint density at radius 2 is 1.88 bits per heavy atom. The van der Waals surface area contributed by atoms with E-state index in [1.807, 2.05) is 34.4 Å². The summed E-state index contributed by atoms with van der Waals surface area (Å²) in [4.78, 5) is 18.4. The van der Waals surface area contributed by atoms with Crippen LogP contribution in [-0.4, -0.2) is 48.9 Å². The maximum absolute atomic E-state index is 13.7. The molecule has 0 bridgehead atoms. The first kappa shape index (κ1) is 20.8. The van der Waals surface area contributed by atoms with Gasteiger partial charge in [-0.1, -0.05) is 0 Å². The lowest BCUT2D eigenvalue weighted by Gasteiger charge is -2.22. The molecule has 1 aromatic carbocycles. The Kier molecular flexibility index (Phi) is 5.04. The van der Waals surface area contributed by atoms with E-state index in [1.54, 1.807) is 12.4 Å². The third kappa shape index (κ3) is 3.70. The molecule has 34 heavy (non-hydrogen) atoms. The van der Waals surface area contributed by atoms with Gasteiger partial charge in [-0.2, -0.15) is 0 Å². The van der Waals surface area contributed by atoms with Crippen molar-refractivity contribution in [3.8, 4) is 5.69 Å². The van der Waals surface area contributed by atoms with Crippen LogP contribution in [0.3, 0.4) is 0 Å². The number of pyridine rings is 1. The van der Waals surface area contributed by atoms with Crippen LogP contribution >= 0.6 is 0 Å². The molecule has 1 aliphatic heterocycles. The summed E-state index contributed by atoms with van der Waals surface area (Å²) in [5.74, 6) is -0.536. The summed E-state index contributed by atoms with van der Waals surface area (Å²) in [5, 5.41) is 0. The second kappa shape index (κ2) is 8.23. The van der Waals surface area contributed by atoms with Crippen molar-refractivity contribution in [1.29, 1.82) is 0 Å². The van der Waals surface area contributed by atoms with E-state index in [4.69, 9.17) is 14.5 Å². The predicted molar refractivity (Wildman–Crippen MR) is 120 cm³/mol. The molecule has 10 heteroatoms. The molecule has 1 saturated heterocycles. The molecule has 1 atom stereocenters. The number of aromatic nitrogens is 6. The van der Waals surface area contributed by atoms with Crippen molar-refractivity contribution in [3.05, 3.63) is 77.6 Å². The number of halogens is 2. The first-order chi connectivity index (χ1) is 16.5. The van der Waals surface area contributed by atoms with Crippen molar-refractivity contribution < 1.29 is 18.3 Å². The molecule has 0 amide bonds. The number of fused-ring (bicyclic) bond motifs is 2. The molecular weight excluding hydrogens is 442 g/mol. The van der Waals surface area contributed by atoms with Crippen LogP contribution < -0.4 is 0 Å². The summed E-state index contributed by atoms with van der Waals surface area (Å²) in [6, 6.07) is 7.32. The molecule has 0 saturated carbocycles. The smallest absolute Gasteiger partial charge is 0.178 e. The quantitative estimate of drug-likeness (QED) is 0.403. The Hall–Kier alpha value is -3.76. The largest absolute Gasteiger partial charge is 0.376 e. The molecule has 1 unspecified atom stereocenters. The van der Waals surface area contributed by atoms with Crippen molar-refractivity contribution in [2.45, 2.75) is 19.6 Å². The standard InChI is InChI=1S/C24H20F2N6O2/c1-14-29-23-21(32(14)12-15-6-16(25)8-17(26)7-15)9-18(10-28-23)31-3-2-19-24(31)30-20(11-27-19)22-13-33-4-5-34-22/h2-3,6-11,22H,4-5,12-13H2,1H3. The Morgan fingerprint density at radius 3 is 2.68 bits per heavy atom. The summed E-state index contributed by atoms with van der Waals surface area (Å²) < 4.78 is 42.5. The van der Waals surface area contributed by atoms with Gasteiger partial charge in [0.05, 0.1) is 49.1 Å². The van der Waals surface area contributed by atoms with Crippen LogP contribution in [0.15, 0.2) is 48.9 Å². The van der Waals surface area contributed by atoms with Crippen molar-refractivity contribution >= 4 is 22.3 Å². The molecule has 4 aromatic heterocycles. The Morgan fingerprint density at radius 1 is 1.03 bits per heavy atom. The van der Waals surface area contributed by atoms with Crippen LogP contribution in [0.2, 0.25) is 0 Å². The average molecular weight is 462 g/mol. The summed E-state index contributed by atoms with van der Waals surface area (Å²) >= 11 is 0. The van der Waals surface area contributed by atoms with E-state index in [2.05, 4.69) is 15.0 Å². The van der Waals surface area contributed by atoms with E-state index in [-0.39, 0.29) is 12.6 Å². The first-order valence-corrected chi connectivity index (χ1v) is 10.9. The van der Waals surface area contributed by atoms with Gasteiger partial charge in [0.2, 0.25) is 0 Å². The highest BCUT2D eigenvalue weighted by molar-refractivity contribution is 5.78. The van der Waals surface area contributed by atoms with E-state index in [0.29, 0.717) is 48.2 Å². The number of aryl methyl sites for hydroxylation is 1. The fourth-order valence-corrected chi connectivity index (χ4v) is 4.26. The zero-order chi connectivity index (χ0) is 23.2. The molecule has 0 aliphatic carbocycles. The van der Waals surface area contributed by atoms with Crippen molar-refractivity contribution in [2.24, 2.45) is 0 Å². The number of rotatable bonds is 4. The fourth-order valence-electron chi connectivity index (χ4n) is 4.26. The second-order valence-corrected chi connectivity index (χ2v) is 8.18. The molecular formula is C24H20F2N6O2. The number of ether oxygens (including phenoxy) is 2. The third-order valence-electron chi connectivity index (χ3n) is 5.88. The summed E-state index contributed by atoms with van der Waals surface area (Å²) in [6.45, 7) is 3.63. The van der Waals surface area contributed by atoms with Gasteiger partial charge < -0.3 is 14.0 Å². The Balaban J connectivity index is 1.42. The maximum atomic E-state index is 13.7. The Bertz CT molecular complexity index is 1500. The zero-order valence-electron chi connectivity index (χ0n) is 18.3.